The van der Waals surface area contributed by atoms with Crippen LogP contribution in [0.4, 0.5) is 5.69 Å². The molecule has 38 heavy (non-hydrogen) atoms. The molecule has 5 heteroatoms. The maximum absolute atomic E-state index is 2.44. The molecule has 1 aliphatic rings. The molecular formula is C33H29BrN2S2. The number of halogens is 1. The Labute approximate surface area is 243 Å². The molecule has 0 atom stereocenters. The van der Waals surface area contributed by atoms with Crippen molar-refractivity contribution in [2.45, 2.75) is 25.3 Å². The highest BCUT2D eigenvalue weighted by Crippen LogP contribution is 2.49. The number of hydrogen-bond acceptors (Lipinski definition) is 3. The van der Waals surface area contributed by atoms with Gasteiger partial charge in [0, 0.05) is 23.1 Å². The van der Waals surface area contributed by atoms with E-state index in [2.05, 4.69) is 139 Å². The number of hydrogen-bond donors (Lipinski definition) is 0. The molecule has 0 fully saturated rings. The summed E-state index contributed by atoms with van der Waals surface area (Å²) in [5.74, 6) is 0. The van der Waals surface area contributed by atoms with Gasteiger partial charge in [-0.25, -0.2) is 0 Å². The summed E-state index contributed by atoms with van der Waals surface area (Å²) in [5, 5.41) is 5.16. The lowest BCUT2D eigenvalue weighted by molar-refractivity contribution is -0.679. The van der Waals surface area contributed by atoms with Gasteiger partial charge < -0.3 is 21.9 Å². The van der Waals surface area contributed by atoms with Crippen molar-refractivity contribution in [2.75, 3.05) is 11.4 Å². The summed E-state index contributed by atoms with van der Waals surface area (Å²) < 4.78 is 2.44. The van der Waals surface area contributed by atoms with Gasteiger partial charge in [0.05, 0.1) is 10.7 Å². The molecule has 0 radical (unpaired) electrons. The van der Waals surface area contributed by atoms with E-state index in [9.17, 15) is 0 Å². The van der Waals surface area contributed by atoms with Gasteiger partial charge in [-0.15, -0.1) is 0 Å². The van der Waals surface area contributed by atoms with E-state index in [-0.39, 0.29) is 17.0 Å². The molecule has 0 unspecified atom stereocenters. The molecule has 2 nitrogen and oxygen atoms in total. The number of thioether (sulfide) groups is 1. The maximum Gasteiger partial charge on any atom is 0.262 e. The topological polar surface area (TPSA) is 7.12 Å². The van der Waals surface area contributed by atoms with Crippen molar-refractivity contribution in [3.63, 3.8) is 0 Å². The van der Waals surface area contributed by atoms with Crippen molar-refractivity contribution >= 4 is 45.6 Å². The second-order valence-corrected chi connectivity index (χ2v) is 11.0. The Morgan fingerprint density at radius 3 is 2.18 bits per heavy atom. The van der Waals surface area contributed by atoms with E-state index in [4.69, 9.17) is 0 Å². The van der Waals surface area contributed by atoms with E-state index in [0.29, 0.717) is 0 Å². The van der Waals surface area contributed by atoms with Gasteiger partial charge in [-0.1, -0.05) is 108 Å². The van der Waals surface area contributed by atoms with E-state index in [1.54, 1.807) is 0 Å². The SMILES string of the molecule is CCN1C(=CC=Cc2sc(-c3ccccc3)c(-c3ccccc3)[n+]2CC)Sc2c1ccc1ccccc21.[Br-]. The average molecular weight is 598 g/mol. The number of fused-ring (bicyclic) bond motifs is 3. The van der Waals surface area contributed by atoms with Crippen molar-refractivity contribution in [3.05, 3.63) is 119 Å². The Bertz CT molecular complexity index is 1620. The molecule has 1 aromatic heterocycles. The van der Waals surface area contributed by atoms with Gasteiger partial charge in [-0.2, -0.15) is 4.57 Å². The van der Waals surface area contributed by atoms with Crippen LogP contribution in [0.15, 0.2) is 119 Å². The lowest BCUT2D eigenvalue weighted by atomic mass is 10.1. The van der Waals surface area contributed by atoms with Crippen molar-refractivity contribution in [3.8, 4) is 21.7 Å². The molecular weight excluding hydrogens is 568 g/mol. The number of rotatable bonds is 6. The second-order valence-electron chi connectivity index (χ2n) is 8.94. The molecule has 0 bridgehead atoms. The number of thiazole rings is 1. The molecule has 4 aromatic carbocycles. The Hall–Kier alpha value is -3.12. The first kappa shape index (κ1) is 26.5. The van der Waals surface area contributed by atoms with Crippen LogP contribution in [0.1, 0.15) is 18.9 Å². The van der Waals surface area contributed by atoms with E-state index in [0.717, 1.165) is 13.1 Å². The lowest BCUT2D eigenvalue weighted by Gasteiger charge is -2.17. The molecule has 6 rings (SSSR count). The largest absolute Gasteiger partial charge is 1.00 e. The molecule has 0 N–H and O–H groups in total. The zero-order valence-corrected chi connectivity index (χ0v) is 24.7. The summed E-state index contributed by atoms with van der Waals surface area (Å²) in [5.41, 5.74) is 5.11. The fourth-order valence-corrected chi connectivity index (χ4v) is 7.58. The first-order chi connectivity index (χ1) is 18.3. The minimum Gasteiger partial charge on any atom is -1.00 e. The van der Waals surface area contributed by atoms with Crippen LogP contribution < -0.4 is 26.4 Å². The van der Waals surface area contributed by atoms with E-state index >= 15 is 0 Å². The summed E-state index contributed by atoms with van der Waals surface area (Å²) >= 11 is 3.74. The molecule has 0 saturated carbocycles. The Morgan fingerprint density at radius 2 is 1.47 bits per heavy atom. The minimum absolute atomic E-state index is 0. The van der Waals surface area contributed by atoms with Crippen LogP contribution in [-0.2, 0) is 6.54 Å². The molecule has 0 aliphatic carbocycles. The van der Waals surface area contributed by atoms with Gasteiger partial charge in [0.15, 0.2) is 0 Å². The second kappa shape index (κ2) is 11.7. The number of benzene rings is 4. The standard InChI is InChI=1S/C33H29N2S2.BrH/c1-3-34-28-23-22-24-14-11-12-19-27(24)33(28)37-29(34)20-13-21-30-35(4-2)31(25-15-7-5-8-16-25)32(36-30)26-17-9-6-10-18-26;/h5-23H,3-4H2,1-2H3;1H/q+1;/p-1. The van der Waals surface area contributed by atoms with E-state index < -0.39 is 0 Å². The van der Waals surface area contributed by atoms with Gasteiger partial charge in [-0.05, 0) is 54.5 Å². The molecule has 0 amide bonds. The van der Waals surface area contributed by atoms with Crippen LogP contribution in [-0.4, -0.2) is 6.54 Å². The zero-order valence-electron chi connectivity index (χ0n) is 21.5. The third kappa shape index (κ3) is 4.86. The number of anilines is 1. The van der Waals surface area contributed by atoms with Gasteiger partial charge >= 0.3 is 0 Å². The Kier molecular flexibility index (Phi) is 8.18. The fourth-order valence-electron chi connectivity index (χ4n) is 5.04. The van der Waals surface area contributed by atoms with Gasteiger partial charge in [0.25, 0.3) is 5.01 Å². The monoisotopic (exact) mass is 596 g/mol. The van der Waals surface area contributed by atoms with Crippen LogP contribution in [0.2, 0.25) is 0 Å². The summed E-state index contributed by atoms with van der Waals surface area (Å²) in [7, 11) is 0. The van der Waals surface area contributed by atoms with Gasteiger partial charge in [0.2, 0.25) is 5.69 Å². The van der Waals surface area contributed by atoms with Crippen LogP contribution in [0.25, 0.3) is 38.5 Å². The highest BCUT2D eigenvalue weighted by atomic mass is 79.9. The van der Waals surface area contributed by atoms with Crippen LogP contribution in [0.3, 0.4) is 0 Å². The molecule has 190 valence electrons. The predicted octanol–water partition coefficient (Wildman–Crippen LogP) is 6.03. The van der Waals surface area contributed by atoms with Gasteiger partial charge in [0.1, 0.15) is 11.4 Å². The molecule has 0 saturated heterocycles. The average Bonchev–Trinajstić information content (AvgIpc) is 3.52. The summed E-state index contributed by atoms with van der Waals surface area (Å²) in [6.45, 7) is 6.32. The first-order valence-corrected chi connectivity index (χ1v) is 14.4. The number of nitrogens with zero attached hydrogens (tertiary/aromatic N) is 2. The smallest absolute Gasteiger partial charge is 0.262 e. The van der Waals surface area contributed by atoms with Crippen molar-refractivity contribution in [1.82, 2.24) is 0 Å². The van der Waals surface area contributed by atoms with Crippen LogP contribution in [0.5, 0.6) is 0 Å². The minimum atomic E-state index is 0. The molecule has 1 aliphatic heterocycles. The van der Waals surface area contributed by atoms with Crippen molar-refractivity contribution in [2.24, 2.45) is 0 Å². The normalized spacial score (nSPS) is 13.8. The quantitative estimate of drug-likeness (QED) is 0.221. The first-order valence-electron chi connectivity index (χ1n) is 12.8. The van der Waals surface area contributed by atoms with Crippen LogP contribution in [0, 0.1) is 0 Å². The molecule has 0 spiro atoms. The summed E-state index contributed by atoms with van der Waals surface area (Å²) in [6.07, 6.45) is 6.77. The third-order valence-corrected chi connectivity index (χ3v) is 9.17. The molecule has 2 heterocycles. The van der Waals surface area contributed by atoms with Crippen molar-refractivity contribution in [1.29, 1.82) is 0 Å². The van der Waals surface area contributed by atoms with E-state index in [1.165, 1.54) is 53.1 Å². The maximum atomic E-state index is 2.44. The van der Waals surface area contributed by atoms with E-state index in [1.807, 2.05) is 23.1 Å². The highest BCUT2D eigenvalue weighted by molar-refractivity contribution is 8.04. The Balaban J connectivity index is 0.00000294. The van der Waals surface area contributed by atoms with Gasteiger partial charge in [-0.3, -0.25) is 0 Å². The Morgan fingerprint density at radius 1 is 0.789 bits per heavy atom. The van der Waals surface area contributed by atoms with Crippen molar-refractivity contribution < 1.29 is 21.5 Å². The summed E-state index contributed by atoms with van der Waals surface area (Å²) in [4.78, 5) is 5.09. The third-order valence-electron chi connectivity index (χ3n) is 6.77. The number of aromatic nitrogens is 1. The van der Waals surface area contributed by atoms with Crippen LogP contribution >= 0.6 is 23.1 Å². The zero-order chi connectivity index (χ0) is 25.2. The lowest BCUT2D eigenvalue weighted by Crippen LogP contribution is -3.00. The number of allylic oxidation sites excluding steroid dienone is 2. The summed E-state index contributed by atoms with van der Waals surface area (Å²) in [6, 6.07) is 34.7. The fraction of sp³-hybridized carbons (Fsp3) is 0.121. The molecule has 5 aromatic rings. The predicted molar refractivity (Wildman–Crippen MR) is 161 cm³/mol. The highest BCUT2D eigenvalue weighted by Gasteiger charge is 2.27.